The predicted molar refractivity (Wildman–Crippen MR) is 45.5 cm³/mol. The zero-order valence-electron chi connectivity index (χ0n) is 7.97. The van der Waals surface area contributed by atoms with Crippen LogP contribution < -0.4 is 0 Å². The van der Waals surface area contributed by atoms with E-state index in [1.54, 1.807) is 0 Å². The van der Waals surface area contributed by atoms with E-state index >= 15 is 0 Å². The Morgan fingerprint density at radius 1 is 1.25 bits per heavy atom. The quantitative estimate of drug-likeness (QED) is 0.593. The second-order valence-electron chi connectivity index (χ2n) is 5.27. The molecule has 0 amide bonds. The Hall–Kier alpha value is -0.110. The van der Waals surface area contributed by atoms with Gasteiger partial charge in [-0.3, -0.25) is 0 Å². The molecule has 2 fully saturated rings. The van der Waals surface area contributed by atoms with Crippen LogP contribution in [-0.2, 0) is 0 Å². The molecule has 2 aliphatic rings. The van der Waals surface area contributed by atoms with Crippen molar-refractivity contribution >= 4 is 0 Å². The van der Waals surface area contributed by atoms with E-state index in [4.69, 9.17) is 0 Å². The Labute approximate surface area is 73.0 Å². The van der Waals surface area contributed by atoms with E-state index in [0.717, 1.165) is 0 Å². The number of hydrogen-bond donors (Lipinski definition) is 1. The number of rotatable bonds is 0. The van der Waals surface area contributed by atoms with Gasteiger partial charge in [-0.15, -0.1) is 0 Å². The van der Waals surface area contributed by atoms with Crippen molar-refractivity contribution in [2.45, 2.75) is 45.4 Å². The third-order valence-electron chi connectivity index (χ3n) is 4.08. The highest BCUT2D eigenvalue weighted by Crippen LogP contribution is 2.66. The van der Waals surface area contributed by atoms with E-state index in [0.29, 0.717) is 24.7 Å². The van der Waals surface area contributed by atoms with Crippen molar-refractivity contribution in [3.05, 3.63) is 0 Å². The second-order valence-corrected chi connectivity index (χ2v) is 5.27. The zero-order chi connectivity index (χ0) is 9.15. The molecular weight excluding hydrogens is 155 g/mol. The molecule has 0 radical (unpaired) electrons. The van der Waals surface area contributed by atoms with E-state index in [1.807, 2.05) is 0 Å². The lowest BCUT2D eigenvalue weighted by atomic mass is 9.85. The molecule has 1 N–H and O–H groups in total. The third kappa shape index (κ3) is 0.936. The molecule has 0 aromatic carbocycles. The number of aliphatic hydroxyl groups excluding tert-OH is 1. The van der Waals surface area contributed by atoms with Gasteiger partial charge in [0, 0.05) is 0 Å². The Balaban J connectivity index is 2.14. The molecule has 2 saturated carbocycles. The number of alkyl halides is 1. The first-order chi connectivity index (χ1) is 5.36. The SMILES string of the molecule is CC1(C)[C@@H]2C[C@](C)(F)[C@@H](O)C[C@@H]21. The molecule has 0 aromatic rings. The molecule has 0 aliphatic heterocycles. The van der Waals surface area contributed by atoms with E-state index in [1.165, 1.54) is 6.92 Å². The van der Waals surface area contributed by atoms with Crippen LogP contribution in [0.15, 0.2) is 0 Å². The van der Waals surface area contributed by atoms with Crippen molar-refractivity contribution < 1.29 is 9.50 Å². The molecule has 2 aliphatic carbocycles. The van der Waals surface area contributed by atoms with Crippen LogP contribution in [0.4, 0.5) is 4.39 Å². The second kappa shape index (κ2) is 2.03. The minimum absolute atomic E-state index is 0.283. The van der Waals surface area contributed by atoms with Gasteiger partial charge in [0.1, 0.15) is 5.67 Å². The largest absolute Gasteiger partial charge is 0.390 e. The maximum Gasteiger partial charge on any atom is 0.134 e. The lowest BCUT2D eigenvalue weighted by Gasteiger charge is -2.30. The Kier molecular flexibility index (Phi) is 1.44. The van der Waals surface area contributed by atoms with Crippen LogP contribution in [0.2, 0.25) is 0 Å². The van der Waals surface area contributed by atoms with Gasteiger partial charge >= 0.3 is 0 Å². The van der Waals surface area contributed by atoms with Gasteiger partial charge in [-0.05, 0) is 37.0 Å². The Bertz CT molecular complexity index is 210. The molecule has 0 heterocycles. The van der Waals surface area contributed by atoms with Gasteiger partial charge in [0.2, 0.25) is 0 Å². The molecule has 0 bridgehead atoms. The number of aliphatic hydroxyl groups is 1. The third-order valence-corrected chi connectivity index (χ3v) is 4.08. The van der Waals surface area contributed by atoms with E-state index < -0.39 is 11.8 Å². The summed E-state index contributed by atoms with van der Waals surface area (Å²) in [6.45, 7) is 5.88. The van der Waals surface area contributed by atoms with Crippen LogP contribution in [0.5, 0.6) is 0 Å². The fourth-order valence-electron chi connectivity index (χ4n) is 2.78. The Morgan fingerprint density at radius 3 is 2.33 bits per heavy atom. The van der Waals surface area contributed by atoms with Crippen LogP contribution in [0, 0.1) is 17.3 Å². The smallest absolute Gasteiger partial charge is 0.134 e. The summed E-state index contributed by atoms with van der Waals surface area (Å²) >= 11 is 0. The molecule has 0 aromatic heterocycles. The molecule has 4 atom stereocenters. The summed E-state index contributed by atoms with van der Waals surface area (Å²) in [5.74, 6) is 1.08. The molecule has 12 heavy (non-hydrogen) atoms. The average molecular weight is 172 g/mol. The number of hydrogen-bond acceptors (Lipinski definition) is 1. The summed E-state index contributed by atoms with van der Waals surface area (Å²) in [6, 6.07) is 0. The summed E-state index contributed by atoms with van der Waals surface area (Å²) < 4.78 is 13.6. The van der Waals surface area contributed by atoms with Crippen molar-refractivity contribution in [2.24, 2.45) is 17.3 Å². The minimum Gasteiger partial charge on any atom is -0.390 e. The Morgan fingerprint density at radius 2 is 1.83 bits per heavy atom. The van der Waals surface area contributed by atoms with Crippen LogP contribution in [0.1, 0.15) is 33.6 Å². The molecule has 0 saturated heterocycles. The lowest BCUT2D eigenvalue weighted by Crippen LogP contribution is -2.38. The fraction of sp³-hybridized carbons (Fsp3) is 1.00. The van der Waals surface area contributed by atoms with Gasteiger partial charge in [-0.2, -0.15) is 0 Å². The lowest BCUT2D eigenvalue weighted by molar-refractivity contribution is -0.0303. The van der Waals surface area contributed by atoms with Gasteiger partial charge in [0.25, 0.3) is 0 Å². The highest BCUT2D eigenvalue weighted by molar-refractivity contribution is 5.12. The van der Waals surface area contributed by atoms with Gasteiger partial charge in [0.15, 0.2) is 0 Å². The van der Waals surface area contributed by atoms with Gasteiger partial charge in [-0.1, -0.05) is 13.8 Å². The van der Waals surface area contributed by atoms with Crippen molar-refractivity contribution in [1.82, 2.24) is 0 Å². The maximum atomic E-state index is 13.6. The zero-order valence-corrected chi connectivity index (χ0v) is 7.97. The van der Waals surface area contributed by atoms with Gasteiger partial charge in [0.05, 0.1) is 6.10 Å². The molecule has 70 valence electrons. The topological polar surface area (TPSA) is 20.2 Å². The maximum absolute atomic E-state index is 13.6. The van der Waals surface area contributed by atoms with E-state index in [-0.39, 0.29) is 5.41 Å². The molecule has 0 unspecified atom stereocenters. The van der Waals surface area contributed by atoms with Crippen LogP contribution in [-0.4, -0.2) is 16.9 Å². The standard InChI is InChI=1S/C10H17FO/c1-9(2)6-4-8(12)10(3,11)5-7(6)9/h6-8,12H,4-5H2,1-3H3/t6-,7+,8-,10-/m0/s1. The first-order valence-electron chi connectivity index (χ1n) is 4.72. The summed E-state index contributed by atoms with van der Waals surface area (Å²) in [5.41, 5.74) is -1.06. The first-order valence-corrected chi connectivity index (χ1v) is 4.72. The van der Waals surface area contributed by atoms with E-state index in [2.05, 4.69) is 13.8 Å². The summed E-state index contributed by atoms with van der Waals surface area (Å²) in [4.78, 5) is 0. The van der Waals surface area contributed by atoms with Gasteiger partial charge in [-0.25, -0.2) is 4.39 Å². The minimum atomic E-state index is -1.34. The number of halogens is 1. The highest BCUT2D eigenvalue weighted by Gasteiger charge is 2.64. The average Bonchev–Trinajstić information content (AvgIpc) is 2.37. The highest BCUT2D eigenvalue weighted by atomic mass is 19.1. The van der Waals surface area contributed by atoms with Crippen molar-refractivity contribution in [3.63, 3.8) is 0 Å². The van der Waals surface area contributed by atoms with Crippen molar-refractivity contribution in [1.29, 1.82) is 0 Å². The molecular formula is C10H17FO. The monoisotopic (exact) mass is 172 g/mol. The molecule has 2 heteroatoms. The molecule has 1 nitrogen and oxygen atoms in total. The molecule has 2 rings (SSSR count). The summed E-state index contributed by atoms with van der Waals surface area (Å²) in [7, 11) is 0. The van der Waals surface area contributed by atoms with Crippen LogP contribution in [0.25, 0.3) is 0 Å². The van der Waals surface area contributed by atoms with Crippen LogP contribution >= 0.6 is 0 Å². The predicted octanol–water partition coefficient (Wildman–Crippen LogP) is 2.14. The number of fused-ring (bicyclic) bond motifs is 1. The van der Waals surface area contributed by atoms with Crippen molar-refractivity contribution in [2.75, 3.05) is 0 Å². The normalized spacial score (nSPS) is 56.2. The van der Waals surface area contributed by atoms with Crippen molar-refractivity contribution in [3.8, 4) is 0 Å². The molecule has 0 spiro atoms. The summed E-state index contributed by atoms with van der Waals surface area (Å²) in [5, 5.41) is 9.49. The first kappa shape index (κ1) is 8.49. The summed E-state index contributed by atoms with van der Waals surface area (Å²) in [6.07, 6.45) is 0.469. The van der Waals surface area contributed by atoms with Crippen LogP contribution in [0.3, 0.4) is 0 Å². The van der Waals surface area contributed by atoms with Gasteiger partial charge < -0.3 is 5.11 Å². The fourth-order valence-corrected chi connectivity index (χ4v) is 2.78. The van der Waals surface area contributed by atoms with E-state index in [9.17, 15) is 9.50 Å².